The van der Waals surface area contributed by atoms with Crippen LogP contribution in [0.1, 0.15) is 13.3 Å². The van der Waals surface area contributed by atoms with Gasteiger partial charge in [0.1, 0.15) is 6.23 Å². The average molecular weight is 186 g/mol. The number of rotatable bonds is 4. The summed E-state index contributed by atoms with van der Waals surface area (Å²) in [6.07, 6.45) is -1.04. The number of carbonyl (C=O) groups is 2. The molecular formula is C8H14N2O3. The van der Waals surface area contributed by atoms with Gasteiger partial charge in [-0.1, -0.05) is 6.58 Å². The molecule has 0 rings (SSSR count). The van der Waals surface area contributed by atoms with Crippen molar-refractivity contribution in [3.8, 4) is 0 Å². The van der Waals surface area contributed by atoms with Gasteiger partial charge in [0.15, 0.2) is 0 Å². The van der Waals surface area contributed by atoms with E-state index in [4.69, 9.17) is 10.8 Å². The van der Waals surface area contributed by atoms with Gasteiger partial charge in [0.05, 0.1) is 6.42 Å². The normalized spacial score (nSPS) is 11.9. The standard InChI is InChI=1S/C8H14N2O3/c1-5(8(9)13)4-7(12)10(3)6(2)11/h6,11H,1,4H2,2-3H3,(H2,9,13). The first-order valence-electron chi connectivity index (χ1n) is 3.77. The number of aliphatic hydroxyl groups is 1. The molecule has 0 heterocycles. The molecule has 0 aromatic heterocycles. The molecule has 0 aromatic rings. The van der Waals surface area contributed by atoms with Crippen molar-refractivity contribution in [3.05, 3.63) is 12.2 Å². The fourth-order valence-electron chi connectivity index (χ4n) is 0.603. The molecule has 3 N–H and O–H groups in total. The highest BCUT2D eigenvalue weighted by atomic mass is 16.3. The molecule has 1 atom stereocenters. The third-order valence-corrected chi connectivity index (χ3v) is 1.67. The third kappa shape index (κ3) is 3.71. The summed E-state index contributed by atoms with van der Waals surface area (Å²) in [6.45, 7) is 4.78. The van der Waals surface area contributed by atoms with Crippen molar-refractivity contribution < 1.29 is 14.7 Å². The van der Waals surface area contributed by atoms with Crippen LogP contribution in [0.2, 0.25) is 0 Å². The molecule has 0 bridgehead atoms. The summed E-state index contributed by atoms with van der Waals surface area (Å²) in [4.78, 5) is 22.8. The molecule has 0 aromatic carbocycles. The zero-order chi connectivity index (χ0) is 10.6. The first-order valence-corrected chi connectivity index (χ1v) is 3.77. The van der Waals surface area contributed by atoms with Crippen molar-refractivity contribution in [1.29, 1.82) is 0 Å². The van der Waals surface area contributed by atoms with Gasteiger partial charge in [0.2, 0.25) is 11.8 Å². The quantitative estimate of drug-likeness (QED) is 0.446. The van der Waals surface area contributed by atoms with Crippen LogP contribution in [0.3, 0.4) is 0 Å². The number of primary amides is 1. The fraction of sp³-hybridized carbons (Fsp3) is 0.500. The van der Waals surface area contributed by atoms with Crippen LogP contribution in [0, 0.1) is 0 Å². The molecule has 0 aliphatic rings. The molecule has 0 saturated heterocycles. The Balaban J connectivity index is 4.16. The largest absolute Gasteiger partial charge is 0.374 e. The van der Waals surface area contributed by atoms with Gasteiger partial charge in [-0.05, 0) is 6.92 Å². The van der Waals surface area contributed by atoms with Gasteiger partial charge in [-0.15, -0.1) is 0 Å². The zero-order valence-electron chi connectivity index (χ0n) is 7.78. The molecule has 0 aliphatic heterocycles. The number of hydrogen-bond acceptors (Lipinski definition) is 3. The molecule has 0 fully saturated rings. The molecule has 1 unspecified atom stereocenters. The van der Waals surface area contributed by atoms with Crippen molar-refractivity contribution in [2.75, 3.05) is 7.05 Å². The molecule has 74 valence electrons. The van der Waals surface area contributed by atoms with Gasteiger partial charge in [-0.25, -0.2) is 0 Å². The van der Waals surface area contributed by atoms with E-state index in [-0.39, 0.29) is 17.9 Å². The maximum Gasteiger partial charge on any atom is 0.244 e. The van der Waals surface area contributed by atoms with Gasteiger partial charge in [0, 0.05) is 12.6 Å². The van der Waals surface area contributed by atoms with E-state index in [9.17, 15) is 9.59 Å². The van der Waals surface area contributed by atoms with Crippen molar-refractivity contribution in [2.45, 2.75) is 19.6 Å². The monoisotopic (exact) mass is 186 g/mol. The van der Waals surface area contributed by atoms with Crippen LogP contribution in [0.4, 0.5) is 0 Å². The number of hydrogen-bond donors (Lipinski definition) is 2. The Bertz CT molecular complexity index is 236. The summed E-state index contributed by atoms with van der Waals surface area (Å²) >= 11 is 0. The lowest BCUT2D eigenvalue weighted by Gasteiger charge is -2.20. The number of nitrogens with two attached hydrogens (primary N) is 1. The molecule has 0 saturated carbocycles. The van der Waals surface area contributed by atoms with Crippen LogP contribution in [0.5, 0.6) is 0 Å². The summed E-state index contributed by atoms with van der Waals surface area (Å²) in [6, 6.07) is 0. The maximum atomic E-state index is 11.2. The Morgan fingerprint density at radius 3 is 2.38 bits per heavy atom. The van der Waals surface area contributed by atoms with E-state index < -0.39 is 12.1 Å². The van der Waals surface area contributed by atoms with Gasteiger partial charge in [0.25, 0.3) is 0 Å². The molecular weight excluding hydrogens is 172 g/mol. The first kappa shape index (κ1) is 11.6. The summed E-state index contributed by atoms with van der Waals surface area (Å²) in [7, 11) is 1.43. The van der Waals surface area contributed by atoms with Gasteiger partial charge >= 0.3 is 0 Å². The highest BCUT2D eigenvalue weighted by Gasteiger charge is 2.15. The van der Waals surface area contributed by atoms with Crippen LogP contribution < -0.4 is 5.73 Å². The SMILES string of the molecule is C=C(CC(=O)N(C)C(C)O)C(N)=O. The lowest BCUT2D eigenvalue weighted by atomic mass is 10.2. The van der Waals surface area contributed by atoms with Crippen LogP contribution in [-0.4, -0.2) is 35.1 Å². The minimum Gasteiger partial charge on any atom is -0.374 e. The Labute approximate surface area is 76.8 Å². The molecule has 0 spiro atoms. The number of amides is 2. The highest BCUT2D eigenvalue weighted by molar-refractivity contribution is 5.96. The lowest BCUT2D eigenvalue weighted by Crippen LogP contribution is -2.35. The predicted molar refractivity (Wildman–Crippen MR) is 47.4 cm³/mol. The van der Waals surface area contributed by atoms with Crippen molar-refractivity contribution in [3.63, 3.8) is 0 Å². The number of carbonyl (C=O) groups excluding carboxylic acids is 2. The van der Waals surface area contributed by atoms with Gasteiger partial charge < -0.3 is 15.7 Å². The van der Waals surface area contributed by atoms with Crippen molar-refractivity contribution in [1.82, 2.24) is 4.90 Å². The second kappa shape index (κ2) is 4.61. The fourth-order valence-corrected chi connectivity index (χ4v) is 0.603. The molecule has 5 nitrogen and oxygen atoms in total. The number of aliphatic hydroxyl groups excluding tert-OH is 1. The van der Waals surface area contributed by atoms with Crippen LogP contribution >= 0.6 is 0 Å². The Morgan fingerprint density at radius 1 is 1.62 bits per heavy atom. The van der Waals surface area contributed by atoms with Crippen LogP contribution in [0.25, 0.3) is 0 Å². The minimum absolute atomic E-state index is 0.0394. The Hall–Kier alpha value is -1.36. The van der Waals surface area contributed by atoms with Gasteiger partial charge in [-0.3, -0.25) is 9.59 Å². The molecule has 5 heteroatoms. The Kier molecular flexibility index (Phi) is 4.13. The van der Waals surface area contributed by atoms with Crippen molar-refractivity contribution in [2.24, 2.45) is 5.73 Å². The van der Waals surface area contributed by atoms with Crippen LogP contribution in [-0.2, 0) is 9.59 Å². The third-order valence-electron chi connectivity index (χ3n) is 1.67. The lowest BCUT2D eigenvalue weighted by molar-refractivity contribution is -0.137. The number of nitrogens with zero attached hydrogens (tertiary/aromatic N) is 1. The van der Waals surface area contributed by atoms with E-state index in [2.05, 4.69) is 6.58 Å². The first-order chi connectivity index (χ1) is 5.86. The highest BCUT2D eigenvalue weighted by Crippen LogP contribution is 2.02. The van der Waals surface area contributed by atoms with E-state index in [1.165, 1.54) is 14.0 Å². The summed E-state index contributed by atoms with van der Waals surface area (Å²) in [5.74, 6) is -1.09. The minimum atomic E-state index is -0.881. The summed E-state index contributed by atoms with van der Waals surface area (Å²) in [5, 5.41) is 9.00. The molecule has 13 heavy (non-hydrogen) atoms. The summed E-state index contributed by atoms with van der Waals surface area (Å²) in [5.41, 5.74) is 4.93. The maximum absolute atomic E-state index is 11.2. The predicted octanol–water partition coefficient (Wildman–Crippen LogP) is -0.785. The second-order valence-corrected chi connectivity index (χ2v) is 2.78. The van der Waals surface area contributed by atoms with Crippen LogP contribution in [0.15, 0.2) is 12.2 Å². The van der Waals surface area contributed by atoms with E-state index in [1.807, 2.05) is 0 Å². The smallest absolute Gasteiger partial charge is 0.244 e. The molecule has 0 radical (unpaired) electrons. The topological polar surface area (TPSA) is 83.6 Å². The van der Waals surface area contributed by atoms with E-state index in [0.29, 0.717) is 0 Å². The average Bonchev–Trinajstić information content (AvgIpc) is 2.02. The Morgan fingerprint density at radius 2 is 2.08 bits per heavy atom. The van der Waals surface area contributed by atoms with Gasteiger partial charge in [-0.2, -0.15) is 0 Å². The van der Waals surface area contributed by atoms with E-state index in [1.54, 1.807) is 0 Å². The molecule has 0 aliphatic carbocycles. The van der Waals surface area contributed by atoms with E-state index in [0.717, 1.165) is 4.90 Å². The van der Waals surface area contributed by atoms with E-state index >= 15 is 0 Å². The van der Waals surface area contributed by atoms with Crippen molar-refractivity contribution >= 4 is 11.8 Å². The summed E-state index contributed by atoms with van der Waals surface area (Å²) < 4.78 is 0. The zero-order valence-corrected chi connectivity index (χ0v) is 7.78. The molecule has 2 amide bonds. The second-order valence-electron chi connectivity index (χ2n) is 2.78.